The number of piperazine rings is 1. The third kappa shape index (κ3) is 3.21. The van der Waals surface area contributed by atoms with E-state index < -0.39 is 11.7 Å². The highest BCUT2D eigenvalue weighted by Gasteiger charge is 2.31. The van der Waals surface area contributed by atoms with Crippen molar-refractivity contribution in [2.45, 2.75) is 6.18 Å². The van der Waals surface area contributed by atoms with Crippen molar-refractivity contribution in [2.24, 2.45) is 0 Å². The molecule has 4 rings (SSSR count). The minimum Gasteiger partial charge on any atom is -0.368 e. The zero-order valence-electron chi connectivity index (χ0n) is 13.6. The number of aromatic nitrogens is 1. The maximum atomic E-state index is 13.8. The second-order valence-electron chi connectivity index (χ2n) is 6.11. The second kappa shape index (κ2) is 6.42. The van der Waals surface area contributed by atoms with Crippen LogP contribution in [0.2, 0.25) is 0 Å². The van der Waals surface area contributed by atoms with Crippen LogP contribution in [0, 0.1) is 5.82 Å². The molecule has 0 spiro atoms. The number of thiazole rings is 1. The molecule has 1 fully saturated rings. The van der Waals surface area contributed by atoms with Crippen molar-refractivity contribution in [1.29, 1.82) is 0 Å². The van der Waals surface area contributed by atoms with Gasteiger partial charge in [-0.05, 0) is 30.3 Å². The molecule has 2 aromatic carbocycles. The number of benzene rings is 2. The van der Waals surface area contributed by atoms with Gasteiger partial charge in [-0.3, -0.25) is 0 Å². The molecule has 1 aliphatic rings. The SMILES string of the molecule is Fc1cccc2sc(N3CCN(c4cccc(C(F)(F)F)c4)CC3)nc12. The normalized spacial score (nSPS) is 15.7. The topological polar surface area (TPSA) is 19.4 Å². The van der Waals surface area contributed by atoms with Gasteiger partial charge in [0.25, 0.3) is 0 Å². The van der Waals surface area contributed by atoms with Gasteiger partial charge >= 0.3 is 6.18 Å². The Morgan fingerprint density at radius 3 is 2.31 bits per heavy atom. The number of hydrogen-bond donors (Lipinski definition) is 0. The Morgan fingerprint density at radius 2 is 1.62 bits per heavy atom. The van der Waals surface area contributed by atoms with Crippen molar-refractivity contribution >= 4 is 32.4 Å². The summed E-state index contributed by atoms with van der Waals surface area (Å²) >= 11 is 1.43. The third-order valence-electron chi connectivity index (χ3n) is 4.45. The number of fused-ring (bicyclic) bond motifs is 1. The van der Waals surface area contributed by atoms with E-state index in [9.17, 15) is 17.6 Å². The molecule has 2 heterocycles. The molecule has 3 aromatic rings. The Hall–Kier alpha value is -2.35. The maximum absolute atomic E-state index is 13.8. The minimum absolute atomic E-state index is 0.340. The molecule has 0 bridgehead atoms. The lowest BCUT2D eigenvalue weighted by molar-refractivity contribution is -0.137. The molecule has 0 radical (unpaired) electrons. The smallest absolute Gasteiger partial charge is 0.368 e. The Labute approximate surface area is 151 Å². The molecule has 3 nitrogen and oxygen atoms in total. The number of halogens is 4. The molecule has 0 unspecified atom stereocenters. The zero-order valence-corrected chi connectivity index (χ0v) is 14.4. The number of para-hydroxylation sites is 1. The van der Waals surface area contributed by atoms with Gasteiger partial charge in [0.1, 0.15) is 11.3 Å². The van der Waals surface area contributed by atoms with Crippen molar-refractivity contribution in [3.63, 3.8) is 0 Å². The summed E-state index contributed by atoms with van der Waals surface area (Å²) in [6, 6.07) is 10.3. The summed E-state index contributed by atoms with van der Waals surface area (Å²) < 4.78 is 53.3. The van der Waals surface area contributed by atoms with E-state index in [0.29, 0.717) is 37.4 Å². The van der Waals surface area contributed by atoms with Gasteiger partial charge in [-0.25, -0.2) is 9.37 Å². The molecular weight excluding hydrogens is 366 g/mol. The second-order valence-corrected chi connectivity index (χ2v) is 7.11. The fourth-order valence-electron chi connectivity index (χ4n) is 3.07. The molecule has 1 saturated heterocycles. The fourth-order valence-corrected chi connectivity index (χ4v) is 4.11. The first kappa shape index (κ1) is 17.1. The van der Waals surface area contributed by atoms with Crippen LogP contribution in [0.1, 0.15) is 5.56 Å². The van der Waals surface area contributed by atoms with E-state index in [0.717, 1.165) is 15.9 Å². The number of alkyl halides is 3. The van der Waals surface area contributed by atoms with Gasteiger partial charge in [0.2, 0.25) is 0 Å². The molecule has 0 N–H and O–H groups in total. The van der Waals surface area contributed by atoms with Gasteiger partial charge < -0.3 is 9.80 Å². The van der Waals surface area contributed by atoms with Gasteiger partial charge in [-0.2, -0.15) is 13.2 Å². The van der Waals surface area contributed by atoms with Crippen LogP contribution in [-0.2, 0) is 6.18 Å². The van der Waals surface area contributed by atoms with Gasteiger partial charge in [-0.15, -0.1) is 0 Å². The fraction of sp³-hybridized carbons (Fsp3) is 0.278. The van der Waals surface area contributed by atoms with E-state index in [2.05, 4.69) is 4.98 Å². The summed E-state index contributed by atoms with van der Waals surface area (Å²) in [6.45, 7) is 2.41. The summed E-state index contributed by atoms with van der Waals surface area (Å²) in [7, 11) is 0. The molecule has 1 aromatic heterocycles. The van der Waals surface area contributed by atoms with E-state index in [4.69, 9.17) is 0 Å². The van der Waals surface area contributed by atoms with Crippen molar-refractivity contribution in [2.75, 3.05) is 36.0 Å². The number of anilines is 2. The van der Waals surface area contributed by atoms with Gasteiger partial charge in [0.15, 0.2) is 5.13 Å². The van der Waals surface area contributed by atoms with Crippen LogP contribution in [0.25, 0.3) is 10.2 Å². The predicted molar refractivity (Wildman–Crippen MR) is 95.4 cm³/mol. The summed E-state index contributed by atoms with van der Waals surface area (Å²) in [4.78, 5) is 8.36. The van der Waals surface area contributed by atoms with Crippen molar-refractivity contribution in [3.05, 3.63) is 53.8 Å². The van der Waals surface area contributed by atoms with Crippen molar-refractivity contribution in [1.82, 2.24) is 4.98 Å². The highest BCUT2D eigenvalue weighted by Crippen LogP contribution is 2.33. The molecule has 0 saturated carbocycles. The van der Waals surface area contributed by atoms with Crippen LogP contribution >= 0.6 is 11.3 Å². The highest BCUT2D eigenvalue weighted by molar-refractivity contribution is 7.22. The van der Waals surface area contributed by atoms with E-state index in [-0.39, 0.29) is 5.82 Å². The zero-order chi connectivity index (χ0) is 18.3. The Morgan fingerprint density at radius 1 is 0.923 bits per heavy atom. The standard InChI is InChI=1S/C18H15F4N3S/c19-14-5-2-6-15-16(14)23-17(26-15)25-9-7-24(8-10-25)13-4-1-3-12(11-13)18(20,21)22/h1-6,11H,7-10H2. The number of hydrogen-bond acceptors (Lipinski definition) is 4. The van der Waals surface area contributed by atoms with Crippen LogP contribution in [0.15, 0.2) is 42.5 Å². The van der Waals surface area contributed by atoms with E-state index in [1.165, 1.54) is 29.5 Å². The van der Waals surface area contributed by atoms with E-state index in [1.54, 1.807) is 12.1 Å². The quantitative estimate of drug-likeness (QED) is 0.596. The minimum atomic E-state index is -4.34. The van der Waals surface area contributed by atoms with E-state index in [1.807, 2.05) is 15.9 Å². The van der Waals surface area contributed by atoms with Gasteiger partial charge in [-0.1, -0.05) is 23.5 Å². The van der Waals surface area contributed by atoms with E-state index >= 15 is 0 Å². The average molecular weight is 381 g/mol. The number of rotatable bonds is 2. The summed E-state index contributed by atoms with van der Waals surface area (Å²) in [5.41, 5.74) is 0.293. The maximum Gasteiger partial charge on any atom is 0.416 e. The third-order valence-corrected chi connectivity index (χ3v) is 5.53. The van der Waals surface area contributed by atoms with Gasteiger partial charge in [0, 0.05) is 31.9 Å². The molecule has 136 valence electrons. The lowest BCUT2D eigenvalue weighted by Gasteiger charge is -2.36. The van der Waals surface area contributed by atoms with Crippen LogP contribution in [0.5, 0.6) is 0 Å². The Balaban J connectivity index is 1.49. The molecule has 0 amide bonds. The summed E-state index contributed by atoms with van der Waals surface area (Å²) in [5.74, 6) is -0.340. The summed E-state index contributed by atoms with van der Waals surface area (Å²) in [6.07, 6.45) is -4.34. The van der Waals surface area contributed by atoms with Crippen LogP contribution in [0.3, 0.4) is 0 Å². The monoisotopic (exact) mass is 381 g/mol. The van der Waals surface area contributed by atoms with Crippen molar-refractivity contribution < 1.29 is 17.6 Å². The molecule has 26 heavy (non-hydrogen) atoms. The van der Waals surface area contributed by atoms with Gasteiger partial charge in [0.05, 0.1) is 10.3 Å². The first-order chi connectivity index (χ1) is 12.4. The van der Waals surface area contributed by atoms with Crippen LogP contribution in [0.4, 0.5) is 28.4 Å². The van der Waals surface area contributed by atoms with Crippen molar-refractivity contribution in [3.8, 4) is 0 Å². The number of nitrogens with zero attached hydrogens (tertiary/aromatic N) is 3. The lowest BCUT2D eigenvalue weighted by Crippen LogP contribution is -2.46. The Bertz CT molecular complexity index is 930. The molecular formula is C18H15F4N3S. The highest BCUT2D eigenvalue weighted by atomic mass is 32.1. The van der Waals surface area contributed by atoms with Crippen LogP contribution in [-0.4, -0.2) is 31.2 Å². The van der Waals surface area contributed by atoms with Crippen LogP contribution < -0.4 is 9.80 Å². The first-order valence-corrected chi connectivity index (χ1v) is 8.96. The first-order valence-electron chi connectivity index (χ1n) is 8.14. The molecule has 1 aliphatic heterocycles. The molecule has 0 atom stereocenters. The predicted octanol–water partition coefficient (Wildman–Crippen LogP) is 4.78. The molecule has 0 aliphatic carbocycles. The average Bonchev–Trinajstić information content (AvgIpc) is 3.07. The Kier molecular flexibility index (Phi) is 4.22. The summed E-state index contributed by atoms with van der Waals surface area (Å²) in [5, 5.41) is 0.744. The largest absolute Gasteiger partial charge is 0.416 e. The molecule has 8 heteroatoms. The lowest BCUT2D eigenvalue weighted by atomic mass is 10.1.